The van der Waals surface area contributed by atoms with E-state index >= 15 is 0 Å². The lowest BCUT2D eigenvalue weighted by atomic mass is 10.0. The van der Waals surface area contributed by atoms with Crippen molar-refractivity contribution >= 4 is 5.91 Å². The molecule has 1 heterocycles. The molecule has 4 nitrogen and oxygen atoms in total. The van der Waals surface area contributed by atoms with Gasteiger partial charge in [-0.05, 0) is 67.3 Å². The summed E-state index contributed by atoms with van der Waals surface area (Å²) in [5.41, 5.74) is 5.76. The molecule has 1 amide bonds. The van der Waals surface area contributed by atoms with Gasteiger partial charge in [0.2, 0.25) is 0 Å². The molecule has 138 valence electrons. The molecular weight excluding hydrogens is 324 g/mol. The fourth-order valence-electron chi connectivity index (χ4n) is 3.38. The lowest BCUT2D eigenvalue weighted by molar-refractivity contribution is 0.0628. The maximum absolute atomic E-state index is 12.7. The van der Waals surface area contributed by atoms with Crippen molar-refractivity contribution in [1.29, 1.82) is 0 Å². The van der Waals surface area contributed by atoms with Gasteiger partial charge >= 0.3 is 0 Å². The number of hydrogen-bond donors (Lipinski definition) is 0. The number of aryl methyl sites for hydroxylation is 3. The van der Waals surface area contributed by atoms with E-state index in [1.54, 1.807) is 7.11 Å². The predicted octanol–water partition coefficient (Wildman–Crippen LogP) is 3.58. The zero-order valence-electron chi connectivity index (χ0n) is 16.2. The third-order valence-electron chi connectivity index (χ3n) is 5.36. The van der Waals surface area contributed by atoms with Crippen molar-refractivity contribution in [3.05, 3.63) is 64.2 Å². The first-order valence-corrected chi connectivity index (χ1v) is 9.20. The van der Waals surface area contributed by atoms with Crippen LogP contribution in [0.25, 0.3) is 0 Å². The molecule has 0 aliphatic carbocycles. The first-order chi connectivity index (χ1) is 12.5. The Balaban J connectivity index is 1.58. The number of nitrogens with zero attached hydrogens (tertiary/aromatic N) is 2. The highest BCUT2D eigenvalue weighted by molar-refractivity contribution is 5.94. The average Bonchev–Trinajstić information content (AvgIpc) is 2.65. The lowest BCUT2D eigenvalue weighted by Gasteiger charge is -2.35. The van der Waals surface area contributed by atoms with Crippen LogP contribution in [-0.4, -0.2) is 49.0 Å². The number of carbonyl (C=O) groups is 1. The van der Waals surface area contributed by atoms with Gasteiger partial charge in [0.05, 0.1) is 7.11 Å². The first kappa shape index (κ1) is 18.5. The zero-order chi connectivity index (χ0) is 18.7. The number of carbonyl (C=O) groups excluding carboxylic acids is 1. The molecular formula is C22H28N2O2. The summed E-state index contributed by atoms with van der Waals surface area (Å²) in [4.78, 5) is 17.1. The van der Waals surface area contributed by atoms with Gasteiger partial charge in [0.1, 0.15) is 5.75 Å². The zero-order valence-corrected chi connectivity index (χ0v) is 16.2. The summed E-state index contributed by atoms with van der Waals surface area (Å²) in [6, 6.07) is 12.2. The maximum Gasteiger partial charge on any atom is 0.253 e. The molecule has 0 radical (unpaired) electrons. The summed E-state index contributed by atoms with van der Waals surface area (Å²) in [7, 11) is 1.69. The number of ether oxygens (including phenoxy) is 1. The molecule has 1 fully saturated rings. The Morgan fingerprint density at radius 3 is 2.27 bits per heavy atom. The van der Waals surface area contributed by atoms with Gasteiger partial charge in [-0.3, -0.25) is 9.69 Å². The molecule has 0 bridgehead atoms. The summed E-state index contributed by atoms with van der Waals surface area (Å²) in [6.45, 7) is 10.5. The Morgan fingerprint density at radius 2 is 1.65 bits per heavy atom. The molecule has 3 rings (SSSR count). The van der Waals surface area contributed by atoms with Crippen LogP contribution in [0.1, 0.15) is 32.6 Å². The van der Waals surface area contributed by atoms with Gasteiger partial charge in [0, 0.05) is 38.3 Å². The third-order valence-corrected chi connectivity index (χ3v) is 5.36. The van der Waals surface area contributed by atoms with Gasteiger partial charge in [-0.2, -0.15) is 0 Å². The molecule has 0 N–H and O–H groups in total. The molecule has 0 unspecified atom stereocenters. The van der Waals surface area contributed by atoms with Gasteiger partial charge < -0.3 is 9.64 Å². The molecule has 0 aromatic heterocycles. The number of methoxy groups -OCH3 is 1. The van der Waals surface area contributed by atoms with Crippen LogP contribution >= 0.6 is 0 Å². The lowest BCUT2D eigenvalue weighted by Crippen LogP contribution is -2.48. The van der Waals surface area contributed by atoms with Crippen molar-refractivity contribution in [3.63, 3.8) is 0 Å². The number of benzene rings is 2. The van der Waals surface area contributed by atoms with Crippen LogP contribution in [-0.2, 0) is 6.54 Å². The summed E-state index contributed by atoms with van der Waals surface area (Å²) in [5, 5.41) is 0. The number of amides is 1. The van der Waals surface area contributed by atoms with Gasteiger partial charge in [-0.25, -0.2) is 0 Å². The van der Waals surface area contributed by atoms with E-state index in [9.17, 15) is 4.79 Å². The minimum Gasteiger partial charge on any atom is -0.497 e. The predicted molar refractivity (Wildman–Crippen MR) is 105 cm³/mol. The van der Waals surface area contributed by atoms with Gasteiger partial charge in [-0.15, -0.1) is 0 Å². The van der Waals surface area contributed by atoms with E-state index in [4.69, 9.17) is 4.74 Å². The van der Waals surface area contributed by atoms with Gasteiger partial charge in [0.15, 0.2) is 0 Å². The normalized spacial score (nSPS) is 15.2. The molecule has 2 aromatic carbocycles. The summed E-state index contributed by atoms with van der Waals surface area (Å²) in [6.07, 6.45) is 0. The van der Waals surface area contributed by atoms with Crippen LogP contribution in [0.4, 0.5) is 0 Å². The molecule has 0 spiro atoms. The standard InChI is InChI=1S/C22H28N2O2/c1-16-5-6-19(13-17(16)2)22(25)24-11-9-23(10-12-24)15-20-7-8-21(26-4)14-18(20)3/h5-8,13-14H,9-12,15H2,1-4H3. The van der Waals surface area contributed by atoms with Crippen LogP contribution < -0.4 is 4.74 Å². The van der Waals surface area contributed by atoms with Crippen molar-refractivity contribution in [1.82, 2.24) is 9.80 Å². The third kappa shape index (κ3) is 4.07. The Hall–Kier alpha value is -2.33. The smallest absolute Gasteiger partial charge is 0.253 e. The highest BCUT2D eigenvalue weighted by Crippen LogP contribution is 2.19. The summed E-state index contributed by atoms with van der Waals surface area (Å²) >= 11 is 0. The molecule has 0 saturated carbocycles. The quantitative estimate of drug-likeness (QED) is 0.843. The highest BCUT2D eigenvalue weighted by atomic mass is 16.5. The van der Waals surface area contributed by atoms with E-state index < -0.39 is 0 Å². The number of piperazine rings is 1. The van der Waals surface area contributed by atoms with E-state index in [2.05, 4.69) is 37.8 Å². The van der Waals surface area contributed by atoms with Crippen LogP contribution in [0.15, 0.2) is 36.4 Å². The molecule has 26 heavy (non-hydrogen) atoms. The number of hydrogen-bond acceptors (Lipinski definition) is 3. The van der Waals surface area contributed by atoms with Gasteiger partial charge in [0.25, 0.3) is 5.91 Å². The Morgan fingerprint density at radius 1 is 0.923 bits per heavy atom. The molecule has 0 atom stereocenters. The van der Waals surface area contributed by atoms with Crippen LogP contribution in [0.5, 0.6) is 5.75 Å². The van der Waals surface area contributed by atoms with Crippen molar-refractivity contribution in [2.24, 2.45) is 0 Å². The summed E-state index contributed by atoms with van der Waals surface area (Å²) < 4.78 is 5.28. The SMILES string of the molecule is COc1ccc(CN2CCN(C(=O)c3ccc(C)c(C)c3)CC2)c(C)c1. The second-order valence-electron chi connectivity index (χ2n) is 7.16. The average molecular weight is 352 g/mol. The first-order valence-electron chi connectivity index (χ1n) is 9.20. The molecule has 1 aliphatic heterocycles. The Bertz CT molecular complexity index is 793. The number of rotatable bonds is 4. The largest absolute Gasteiger partial charge is 0.497 e. The summed E-state index contributed by atoms with van der Waals surface area (Å²) in [5.74, 6) is 1.04. The fourth-order valence-corrected chi connectivity index (χ4v) is 3.38. The maximum atomic E-state index is 12.7. The van der Waals surface area contributed by atoms with E-state index in [1.165, 1.54) is 22.3 Å². The molecule has 2 aromatic rings. The van der Waals surface area contributed by atoms with Crippen LogP contribution in [0.2, 0.25) is 0 Å². The minimum atomic E-state index is 0.147. The molecule has 4 heteroatoms. The van der Waals surface area contributed by atoms with E-state index in [-0.39, 0.29) is 5.91 Å². The van der Waals surface area contributed by atoms with Crippen molar-refractivity contribution in [2.75, 3.05) is 33.3 Å². The second-order valence-corrected chi connectivity index (χ2v) is 7.16. The van der Waals surface area contributed by atoms with Crippen molar-refractivity contribution in [2.45, 2.75) is 27.3 Å². The van der Waals surface area contributed by atoms with E-state index in [0.717, 1.165) is 44.0 Å². The Kier molecular flexibility index (Phi) is 5.62. The van der Waals surface area contributed by atoms with Crippen molar-refractivity contribution in [3.8, 4) is 5.75 Å². The molecule has 1 saturated heterocycles. The second kappa shape index (κ2) is 7.92. The fraction of sp³-hybridized carbons (Fsp3) is 0.409. The monoisotopic (exact) mass is 352 g/mol. The topological polar surface area (TPSA) is 32.8 Å². The highest BCUT2D eigenvalue weighted by Gasteiger charge is 2.22. The van der Waals surface area contributed by atoms with Crippen molar-refractivity contribution < 1.29 is 9.53 Å². The van der Waals surface area contributed by atoms with Crippen LogP contribution in [0, 0.1) is 20.8 Å². The van der Waals surface area contributed by atoms with E-state index in [1.807, 2.05) is 29.2 Å². The van der Waals surface area contributed by atoms with E-state index in [0.29, 0.717) is 0 Å². The van der Waals surface area contributed by atoms with Gasteiger partial charge in [-0.1, -0.05) is 12.1 Å². The molecule has 1 aliphatic rings. The van der Waals surface area contributed by atoms with Crippen LogP contribution in [0.3, 0.4) is 0 Å². The Labute approximate surface area is 156 Å². The minimum absolute atomic E-state index is 0.147.